The van der Waals surface area contributed by atoms with Gasteiger partial charge in [-0.1, -0.05) is 6.07 Å². The Kier molecular flexibility index (Phi) is 7.25. The van der Waals surface area contributed by atoms with Crippen LogP contribution in [0.4, 0.5) is 0 Å². The Balaban J connectivity index is 2.60. The summed E-state index contributed by atoms with van der Waals surface area (Å²) in [4.78, 5) is 0. The first-order chi connectivity index (χ1) is 9.21. The van der Waals surface area contributed by atoms with E-state index in [1.54, 1.807) is 6.07 Å². The molecule has 1 rings (SSSR count). The van der Waals surface area contributed by atoms with Crippen molar-refractivity contribution in [1.29, 1.82) is 0 Å². The molecule has 1 atom stereocenters. The molecule has 0 aliphatic heterocycles. The molecule has 5 heteroatoms. The number of rotatable bonds is 9. The second-order valence-electron chi connectivity index (χ2n) is 4.04. The van der Waals surface area contributed by atoms with Gasteiger partial charge in [0.2, 0.25) is 0 Å². The van der Waals surface area contributed by atoms with Crippen LogP contribution in [0.1, 0.15) is 19.4 Å². The maximum atomic E-state index is 9.65. The summed E-state index contributed by atoms with van der Waals surface area (Å²) in [5.74, 6) is 1.25. The maximum absolute atomic E-state index is 9.65. The van der Waals surface area contributed by atoms with E-state index in [0.717, 1.165) is 5.56 Å². The molecule has 0 heterocycles. The van der Waals surface area contributed by atoms with Crippen molar-refractivity contribution in [2.24, 2.45) is 5.73 Å². The van der Waals surface area contributed by atoms with E-state index in [1.165, 1.54) is 0 Å². The predicted molar refractivity (Wildman–Crippen MR) is 73.5 cm³/mol. The first-order valence-electron chi connectivity index (χ1n) is 6.55. The molecule has 19 heavy (non-hydrogen) atoms. The molecule has 0 radical (unpaired) electrons. The molecule has 3 N–H and O–H groups in total. The molecule has 0 aliphatic rings. The Morgan fingerprint density at radius 1 is 1.11 bits per heavy atom. The predicted octanol–water partition coefficient (Wildman–Crippen LogP) is 1.32. The lowest BCUT2D eigenvalue weighted by Gasteiger charge is -2.15. The van der Waals surface area contributed by atoms with Crippen molar-refractivity contribution in [1.82, 2.24) is 0 Å². The maximum Gasteiger partial charge on any atom is 0.161 e. The summed E-state index contributed by atoms with van der Waals surface area (Å²) in [6.45, 7) is 5.80. The van der Waals surface area contributed by atoms with Crippen LogP contribution in [-0.4, -0.2) is 37.6 Å². The number of nitrogens with two attached hydrogens (primary N) is 1. The Bertz CT molecular complexity index is 370. The van der Waals surface area contributed by atoms with Crippen LogP contribution < -0.4 is 15.2 Å². The summed E-state index contributed by atoms with van der Waals surface area (Å²) < 4.78 is 16.2. The molecule has 0 bridgehead atoms. The molecule has 0 saturated carbocycles. The molecule has 0 aromatic heterocycles. The first-order valence-corrected chi connectivity index (χ1v) is 6.55. The number of aliphatic hydroxyl groups excluding tert-OH is 1. The van der Waals surface area contributed by atoms with Crippen molar-refractivity contribution in [3.63, 3.8) is 0 Å². The number of hydrogen-bond acceptors (Lipinski definition) is 5. The Labute approximate surface area is 114 Å². The molecule has 1 aromatic carbocycles. The fourth-order valence-corrected chi connectivity index (χ4v) is 1.55. The van der Waals surface area contributed by atoms with Gasteiger partial charge in [-0.15, -0.1) is 0 Å². The largest absolute Gasteiger partial charge is 0.490 e. The third kappa shape index (κ3) is 5.46. The average molecular weight is 269 g/mol. The lowest BCUT2D eigenvalue weighted by Crippen LogP contribution is -2.23. The van der Waals surface area contributed by atoms with Crippen LogP contribution in [0.2, 0.25) is 0 Å². The second-order valence-corrected chi connectivity index (χ2v) is 4.04. The molecule has 0 saturated heterocycles. The van der Waals surface area contributed by atoms with Crippen LogP contribution in [0.15, 0.2) is 18.2 Å². The highest BCUT2D eigenvalue weighted by atomic mass is 16.5. The molecule has 0 aliphatic carbocycles. The second kappa shape index (κ2) is 8.74. The Hall–Kier alpha value is -1.30. The monoisotopic (exact) mass is 269 g/mol. The lowest BCUT2D eigenvalue weighted by molar-refractivity contribution is 0.0158. The zero-order valence-corrected chi connectivity index (χ0v) is 11.6. The molecule has 0 fully saturated rings. The minimum atomic E-state index is -0.649. The topological polar surface area (TPSA) is 73.9 Å². The number of benzene rings is 1. The van der Waals surface area contributed by atoms with Gasteiger partial charge in [0.15, 0.2) is 11.5 Å². The van der Waals surface area contributed by atoms with E-state index in [9.17, 15) is 5.11 Å². The molecular weight excluding hydrogens is 246 g/mol. The van der Waals surface area contributed by atoms with E-state index in [0.29, 0.717) is 31.3 Å². The van der Waals surface area contributed by atoms with Gasteiger partial charge in [0, 0.05) is 13.2 Å². The van der Waals surface area contributed by atoms with E-state index >= 15 is 0 Å². The summed E-state index contributed by atoms with van der Waals surface area (Å²) in [5, 5.41) is 9.65. The molecule has 108 valence electrons. The third-order valence-corrected chi connectivity index (χ3v) is 2.49. The first kappa shape index (κ1) is 15.8. The van der Waals surface area contributed by atoms with Gasteiger partial charge in [0.25, 0.3) is 0 Å². The molecule has 0 amide bonds. The van der Waals surface area contributed by atoms with Crippen LogP contribution >= 0.6 is 0 Å². The minimum absolute atomic E-state index is 0.169. The van der Waals surface area contributed by atoms with Crippen LogP contribution in [-0.2, 0) is 11.3 Å². The zero-order valence-electron chi connectivity index (χ0n) is 11.6. The van der Waals surface area contributed by atoms with Crippen LogP contribution in [0.25, 0.3) is 0 Å². The zero-order chi connectivity index (χ0) is 14.1. The molecule has 0 spiro atoms. The smallest absolute Gasteiger partial charge is 0.161 e. The number of aliphatic hydroxyl groups is 1. The molecular formula is C14H23NO4. The average Bonchev–Trinajstić information content (AvgIpc) is 2.43. The fourth-order valence-electron chi connectivity index (χ4n) is 1.55. The lowest BCUT2D eigenvalue weighted by atomic mass is 10.2. The highest BCUT2D eigenvalue weighted by Gasteiger charge is 2.09. The fraction of sp³-hybridized carbons (Fsp3) is 0.571. The van der Waals surface area contributed by atoms with E-state index in [-0.39, 0.29) is 13.2 Å². The van der Waals surface area contributed by atoms with Crippen LogP contribution in [0.5, 0.6) is 11.5 Å². The van der Waals surface area contributed by atoms with Crippen molar-refractivity contribution < 1.29 is 19.3 Å². The van der Waals surface area contributed by atoms with Gasteiger partial charge in [-0.25, -0.2) is 0 Å². The highest BCUT2D eigenvalue weighted by Crippen LogP contribution is 2.28. The molecule has 1 unspecified atom stereocenters. The number of ether oxygens (including phenoxy) is 3. The summed E-state index contributed by atoms with van der Waals surface area (Å²) in [7, 11) is 0. The Morgan fingerprint density at radius 2 is 1.89 bits per heavy atom. The third-order valence-electron chi connectivity index (χ3n) is 2.49. The normalized spacial score (nSPS) is 12.2. The molecule has 1 aromatic rings. The van der Waals surface area contributed by atoms with Gasteiger partial charge in [-0.2, -0.15) is 0 Å². The van der Waals surface area contributed by atoms with Crippen molar-refractivity contribution >= 4 is 0 Å². The summed E-state index contributed by atoms with van der Waals surface area (Å²) in [6.07, 6.45) is -0.649. The minimum Gasteiger partial charge on any atom is -0.490 e. The Morgan fingerprint density at radius 3 is 2.53 bits per heavy atom. The van der Waals surface area contributed by atoms with Crippen molar-refractivity contribution in [2.75, 3.05) is 26.4 Å². The van der Waals surface area contributed by atoms with Gasteiger partial charge >= 0.3 is 0 Å². The quantitative estimate of drug-likeness (QED) is 0.707. The van der Waals surface area contributed by atoms with Crippen molar-refractivity contribution in [2.45, 2.75) is 26.5 Å². The summed E-state index contributed by atoms with van der Waals surface area (Å²) in [6, 6.07) is 5.54. The van der Waals surface area contributed by atoms with Crippen molar-refractivity contribution in [3.05, 3.63) is 23.8 Å². The van der Waals surface area contributed by atoms with Gasteiger partial charge in [-0.3, -0.25) is 0 Å². The summed E-state index contributed by atoms with van der Waals surface area (Å²) in [5.41, 5.74) is 6.57. The number of hydrogen-bond donors (Lipinski definition) is 2. The van der Waals surface area contributed by atoms with Gasteiger partial charge in [0.05, 0.1) is 13.2 Å². The standard InChI is InChI=1S/C14H23NO4/c1-3-17-9-12(16)10-19-13-6-5-11(8-15)7-14(13)18-4-2/h5-7,12,16H,3-4,8-10,15H2,1-2H3. The SMILES string of the molecule is CCOCC(O)COc1ccc(CN)cc1OCC. The van der Waals surface area contributed by atoms with E-state index in [2.05, 4.69) is 0 Å². The van der Waals surface area contributed by atoms with Crippen molar-refractivity contribution in [3.8, 4) is 11.5 Å². The van der Waals surface area contributed by atoms with Crippen LogP contribution in [0, 0.1) is 0 Å². The van der Waals surface area contributed by atoms with E-state index < -0.39 is 6.10 Å². The highest BCUT2D eigenvalue weighted by molar-refractivity contribution is 5.43. The molecule has 5 nitrogen and oxygen atoms in total. The summed E-state index contributed by atoms with van der Waals surface area (Å²) >= 11 is 0. The van der Waals surface area contributed by atoms with Gasteiger partial charge in [-0.05, 0) is 31.5 Å². The van der Waals surface area contributed by atoms with Crippen LogP contribution in [0.3, 0.4) is 0 Å². The van der Waals surface area contributed by atoms with E-state index in [4.69, 9.17) is 19.9 Å². The van der Waals surface area contributed by atoms with E-state index in [1.807, 2.05) is 26.0 Å². The van der Waals surface area contributed by atoms with Gasteiger partial charge < -0.3 is 25.1 Å². The van der Waals surface area contributed by atoms with Gasteiger partial charge in [0.1, 0.15) is 12.7 Å².